The summed E-state index contributed by atoms with van der Waals surface area (Å²) in [6.45, 7) is 1.80. The number of halogens is 2. The molecule has 2 aromatic rings. The molecule has 0 spiro atoms. The first-order valence-corrected chi connectivity index (χ1v) is 5.00. The van der Waals surface area contributed by atoms with Crippen LogP contribution in [0.2, 0.25) is 5.02 Å². The molecule has 5 heteroatoms. The van der Waals surface area contributed by atoms with Gasteiger partial charge >= 0.3 is 0 Å². The van der Waals surface area contributed by atoms with Crippen molar-refractivity contribution in [2.24, 2.45) is 0 Å². The quantitative estimate of drug-likeness (QED) is 0.830. The van der Waals surface area contributed by atoms with E-state index in [9.17, 15) is 4.39 Å². The lowest BCUT2D eigenvalue weighted by Crippen LogP contribution is -1.98. The predicted octanol–water partition coefficient (Wildman–Crippen LogP) is 2.83. The molecular formula is C11H9ClFN3. The van der Waals surface area contributed by atoms with Crippen LogP contribution < -0.4 is 5.73 Å². The van der Waals surface area contributed by atoms with Crippen LogP contribution in [0.15, 0.2) is 24.3 Å². The standard InChI is InChI=1S/C11H9ClFN3/c1-6-4-10(16-11(14)15-6)8-3-2-7(13)5-9(8)12/h2-5H,1H3,(H2,14,15,16). The highest BCUT2D eigenvalue weighted by molar-refractivity contribution is 6.33. The van der Waals surface area contributed by atoms with E-state index < -0.39 is 0 Å². The highest BCUT2D eigenvalue weighted by Crippen LogP contribution is 2.27. The second-order valence-corrected chi connectivity index (χ2v) is 3.78. The maximum Gasteiger partial charge on any atom is 0.220 e. The van der Waals surface area contributed by atoms with Crippen LogP contribution in [0.4, 0.5) is 10.3 Å². The van der Waals surface area contributed by atoms with Gasteiger partial charge in [-0.05, 0) is 31.2 Å². The summed E-state index contributed by atoms with van der Waals surface area (Å²) < 4.78 is 12.9. The summed E-state index contributed by atoms with van der Waals surface area (Å²) in [5.41, 5.74) is 7.51. The fraction of sp³-hybridized carbons (Fsp3) is 0.0909. The van der Waals surface area contributed by atoms with Crippen molar-refractivity contribution >= 4 is 17.5 Å². The molecular weight excluding hydrogens is 229 g/mol. The van der Waals surface area contributed by atoms with E-state index in [2.05, 4.69) is 9.97 Å². The number of benzene rings is 1. The number of nitrogens with two attached hydrogens (primary N) is 1. The van der Waals surface area contributed by atoms with E-state index in [0.717, 1.165) is 5.69 Å². The number of hydrogen-bond donors (Lipinski definition) is 1. The van der Waals surface area contributed by atoms with E-state index >= 15 is 0 Å². The third-order valence-electron chi connectivity index (χ3n) is 2.08. The van der Waals surface area contributed by atoms with Gasteiger partial charge in [-0.25, -0.2) is 14.4 Å². The van der Waals surface area contributed by atoms with E-state index in [4.69, 9.17) is 17.3 Å². The number of anilines is 1. The summed E-state index contributed by atoms with van der Waals surface area (Å²) in [5.74, 6) is -0.206. The number of hydrogen-bond acceptors (Lipinski definition) is 3. The van der Waals surface area contributed by atoms with Crippen LogP contribution in [0, 0.1) is 12.7 Å². The molecule has 0 unspecified atom stereocenters. The van der Waals surface area contributed by atoms with Gasteiger partial charge in [-0.15, -0.1) is 0 Å². The molecule has 3 nitrogen and oxygen atoms in total. The molecule has 0 bridgehead atoms. The fourth-order valence-electron chi connectivity index (χ4n) is 1.43. The van der Waals surface area contributed by atoms with Gasteiger partial charge in [0.05, 0.1) is 10.7 Å². The Morgan fingerprint density at radius 2 is 2.00 bits per heavy atom. The molecule has 2 N–H and O–H groups in total. The van der Waals surface area contributed by atoms with Gasteiger partial charge in [0.15, 0.2) is 0 Å². The normalized spacial score (nSPS) is 10.4. The molecule has 0 aliphatic rings. The van der Waals surface area contributed by atoms with Gasteiger partial charge in [0, 0.05) is 11.3 Å². The van der Waals surface area contributed by atoms with Crippen LogP contribution in [0.3, 0.4) is 0 Å². The molecule has 0 fully saturated rings. The maximum atomic E-state index is 12.9. The molecule has 0 radical (unpaired) electrons. The Morgan fingerprint density at radius 1 is 1.25 bits per heavy atom. The lowest BCUT2D eigenvalue weighted by molar-refractivity contribution is 0.628. The van der Waals surface area contributed by atoms with Crippen LogP contribution in [-0.4, -0.2) is 9.97 Å². The van der Waals surface area contributed by atoms with Crippen molar-refractivity contribution in [1.29, 1.82) is 0 Å². The first-order chi connectivity index (χ1) is 7.56. The average molecular weight is 238 g/mol. The zero-order chi connectivity index (χ0) is 11.7. The summed E-state index contributed by atoms with van der Waals surface area (Å²) >= 11 is 5.93. The van der Waals surface area contributed by atoms with E-state index in [1.54, 1.807) is 19.1 Å². The van der Waals surface area contributed by atoms with Gasteiger partial charge in [-0.1, -0.05) is 11.6 Å². The minimum absolute atomic E-state index is 0.176. The Morgan fingerprint density at radius 3 is 2.62 bits per heavy atom. The Balaban J connectivity index is 2.58. The molecule has 1 aromatic heterocycles. The zero-order valence-corrected chi connectivity index (χ0v) is 9.29. The summed E-state index contributed by atoms with van der Waals surface area (Å²) in [7, 11) is 0. The van der Waals surface area contributed by atoms with Crippen LogP contribution >= 0.6 is 11.6 Å². The first-order valence-electron chi connectivity index (χ1n) is 4.63. The lowest BCUT2D eigenvalue weighted by atomic mass is 10.1. The molecule has 1 aromatic carbocycles. The highest BCUT2D eigenvalue weighted by Gasteiger charge is 2.07. The molecule has 0 atom stereocenters. The van der Waals surface area contributed by atoms with Gasteiger partial charge in [0.2, 0.25) is 5.95 Å². The van der Waals surface area contributed by atoms with Gasteiger partial charge < -0.3 is 5.73 Å². The number of rotatable bonds is 1. The molecule has 1 heterocycles. The van der Waals surface area contributed by atoms with Crippen molar-refractivity contribution < 1.29 is 4.39 Å². The topological polar surface area (TPSA) is 51.8 Å². The van der Waals surface area contributed by atoms with E-state index in [1.165, 1.54) is 12.1 Å². The van der Waals surface area contributed by atoms with Gasteiger partial charge in [-0.2, -0.15) is 0 Å². The second kappa shape index (κ2) is 4.06. The molecule has 2 rings (SSSR count). The molecule has 0 saturated carbocycles. The number of aromatic nitrogens is 2. The molecule has 16 heavy (non-hydrogen) atoms. The maximum absolute atomic E-state index is 12.9. The average Bonchev–Trinajstić information content (AvgIpc) is 2.15. The molecule has 0 aliphatic heterocycles. The molecule has 82 valence electrons. The Bertz CT molecular complexity index is 522. The number of nitrogens with zero attached hydrogens (tertiary/aromatic N) is 2. The predicted molar refractivity (Wildman–Crippen MR) is 61.6 cm³/mol. The van der Waals surface area contributed by atoms with Crippen molar-refractivity contribution in [2.45, 2.75) is 6.92 Å². The monoisotopic (exact) mass is 237 g/mol. The highest BCUT2D eigenvalue weighted by atomic mass is 35.5. The summed E-state index contributed by atoms with van der Waals surface area (Å²) in [5, 5.41) is 0.303. The van der Waals surface area contributed by atoms with Gasteiger partial charge in [-0.3, -0.25) is 0 Å². The summed E-state index contributed by atoms with van der Waals surface area (Å²) in [6.07, 6.45) is 0. The van der Waals surface area contributed by atoms with Crippen molar-refractivity contribution in [3.63, 3.8) is 0 Å². The number of aryl methyl sites for hydroxylation is 1. The first kappa shape index (κ1) is 10.8. The molecule has 0 saturated heterocycles. The van der Waals surface area contributed by atoms with Crippen LogP contribution in [0.1, 0.15) is 5.69 Å². The largest absolute Gasteiger partial charge is 0.368 e. The summed E-state index contributed by atoms with van der Waals surface area (Å²) in [6, 6.07) is 5.88. The summed E-state index contributed by atoms with van der Waals surface area (Å²) in [4.78, 5) is 8.01. The number of nitrogen functional groups attached to an aromatic ring is 1. The van der Waals surface area contributed by atoms with Crippen LogP contribution in [-0.2, 0) is 0 Å². The SMILES string of the molecule is Cc1cc(-c2ccc(F)cc2Cl)nc(N)n1. The van der Waals surface area contributed by atoms with Gasteiger partial charge in [0.25, 0.3) is 0 Å². The Labute approximate surface area is 97.1 Å². The van der Waals surface area contributed by atoms with Crippen molar-refractivity contribution in [2.75, 3.05) is 5.73 Å². The minimum atomic E-state index is -0.382. The zero-order valence-electron chi connectivity index (χ0n) is 8.54. The van der Waals surface area contributed by atoms with E-state index in [-0.39, 0.29) is 11.8 Å². The molecule has 0 aliphatic carbocycles. The van der Waals surface area contributed by atoms with Gasteiger partial charge in [0.1, 0.15) is 5.82 Å². The Hall–Kier alpha value is -1.68. The lowest BCUT2D eigenvalue weighted by Gasteiger charge is -2.05. The second-order valence-electron chi connectivity index (χ2n) is 3.38. The minimum Gasteiger partial charge on any atom is -0.368 e. The fourth-order valence-corrected chi connectivity index (χ4v) is 1.69. The third kappa shape index (κ3) is 2.12. The van der Waals surface area contributed by atoms with E-state index in [1.807, 2.05) is 0 Å². The third-order valence-corrected chi connectivity index (χ3v) is 2.39. The smallest absolute Gasteiger partial charge is 0.220 e. The van der Waals surface area contributed by atoms with Crippen LogP contribution in [0.25, 0.3) is 11.3 Å². The van der Waals surface area contributed by atoms with Crippen molar-refractivity contribution in [3.8, 4) is 11.3 Å². The Kier molecular flexibility index (Phi) is 2.75. The molecule has 0 amide bonds. The van der Waals surface area contributed by atoms with Crippen molar-refractivity contribution in [1.82, 2.24) is 9.97 Å². The van der Waals surface area contributed by atoms with E-state index in [0.29, 0.717) is 16.3 Å². The van der Waals surface area contributed by atoms with Crippen LogP contribution in [0.5, 0.6) is 0 Å². The van der Waals surface area contributed by atoms with Crippen molar-refractivity contribution in [3.05, 3.63) is 40.8 Å².